The van der Waals surface area contributed by atoms with Gasteiger partial charge in [0.1, 0.15) is 4.88 Å². The molecule has 0 bridgehead atoms. The molecule has 2 nitrogen and oxygen atoms in total. The molecular weight excluding hydrogens is 334 g/mol. The van der Waals surface area contributed by atoms with Crippen LogP contribution < -0.4 is 5.32 Å². The molecule has 1 heterocycles. The number of nitrogens with one attached hydrogen (secondary N) is 1. The van der Waals surface area contributed by atoms with Gasteiger partial charge in [0.25, 0.3) is 5.91 Å². The molecule has 2 aromatic rings. The molecule has 0 aliphatic heterocycles. The van der Waals surface area contributed by atoms with Crippen molar-refractivity contribution < 1.29 is 4.79 Å². The molecule has 0 atom stereocenters. The van der Waals surface area contributed by atoms with Gasteiger partial charge in [0.05, 0.1) is 0 Å². The lowest BCUT2D eigenvalue weighted by Crippen LogP contribution is -2.25. The number of carbonyl (C=O) groups is 1. The lowest BCUT2D eigenvalue weighted by atomic mass is 10.1. The predicted octanol–water partition coefficient (Wildman–Crippen LogP) is 4.14. The Morgan fingerprint density at radius 2 is 2.00 bits per heavy atom. The summed E-state index contributed by atoms with van der Waals surface area (Å²) in [5, 5.41) is 5.51. The first-order chi connectivity index (χ1) is 8.66. The van der Waals surface area contributed by atoms with Gasteiger partial charge in [-0.2, -0.15) is 0 Å². The molecule has 0 saturated carbocycles. The van der Waals surface area contributed by atoms with E-state index in [9.17, 15) is 4.79 Å². The van der Waals surface area contributed by atoms with E-state index < -0.39 is 0 Å². The number of thiophene rings is 1. The van der Waals surface area contributed by atoms with Crippen LogP contribution in [0.1, 0.15) is 15.2 Å². The number of rotatable bonds is 4. The summed E-state index contributed by atoms with van der Waals surface area (Å²) in [6.07, 6.45) is 0.798. The summed E-state index contributed by atoms with van der Waals surface area (Å²) in [5.74, 6) is -0.0363. The normalized spacial score (nSPS) is 10.3. The molecule has 0 unspecified atom stereocenters. The second kappa shape index (κ2) is 6.36. The second-order valence-corrected chi connectivity index (χ2v) is 5.94. The van der Waals surface area contributed by atoms with E-state index in [0.717, 1.165) is 21.5 Å². The van der Waals surface area contributed by atoms with Crippen LogP contribution in [0, 0.1) is 0 Å². The van der Waals surface area contributed by atoms with Gasteiger partial charge < -0.3 is 5.32 Å². The maximum absolute atomic E-state index is 11.8. The Hall–Kier alpha value is -0.840. The van der Waals surface area contributed by atoms with Crippen LogP contribution >= 0.6 is 38.9 Å². The van der Waals surface area contributed by atoms with E-state index in [1.807, 2.05) is 35.7 Å². The van der Waals surface area contributed by atoms with Crippen molar-refractivity contribution in [3.8, 4) is 0 Å². The summed E-state index contributed by atoms with van der Waals surface area (Å²) in [5.41, 5.74) is 1.16. The van der Waals surface area contributed by atoms with Gasteiger partial charge in [-0.3, -0.25) is 4.79 Å². The number of hydrogen-bond acceptors (Lipinski definition) is 2. The van der Waals surface area contributed by atoms with Gasteiger partial charge >= 0.3 is 0 Å². The van der Waals surface area contributed by atoms with Gasteiger partial charge in [-0.15, -0.1) is 11.3 Å². The minimum Gasteiger partial charge on any atom is -0.351 e. The van der Waals surface area contributed by atoms with Crippen molar-refractivity contribution in [3.63, 3.8) is 0 Å². The zero-order chi connectivity index (χ0) is 13.0. The van der Waals surface area contributed by atoms with Gasteiger partial charge in [0.15, 0.2) is 0 Å². The average Bonchev–Trinajstić information content (AvgIpc) is 2.78. The number of benzene rings is 1. The van der Waals surface area contributed by atoms with Crippen LogP contribution in [0.3, 0.4) is 0 Å². The molecule has 0 aliphatic carbocycles. The molecule has 1 aromatic heterocycles. The molecule has 0 radical (unpaired) electrons. The Labute approximate surface area is 123 Å². The fourth-order valence-corrected chi connectivity index (χ4v) is 3.10. The quantitative estimate of drug-likeness (QED) is 0.887. The molecule has 1 amide bonds. The molecule has 0 saturated heterocycles. The Balaban J connectivity index is 1.84. The predicted molar refractivity (Wildman–Crippen MR) is 79.5 cm³/mol. The van der Waals surface area contributed by atoms with Crippen molar-refractivity contribution in [2.45, 2.75) is 6.42 Å². The van der Waals surface area contributed by atoms with Crippen molar-refractivity contribution in [2.24, 2.45) is 0 Å². The van der Waals surface area contributed by atoms with Crippen molar-refractivity contribution in [3.05, 3.63) is 55.6 Å². The molecule has 0 spiro atoms. The summed E-state index contributed by atoms with van der Waals surface area (Å²) in [7, 11) is 0. The lowest BCUT2D eigenvalue weighted by Gasteiger charge is -2.04. The Kier molecular flexibility index (Phi) is 4.80. The molecule has 1 N–H and O–H groups in total. The lowest BCUT2D eigenvalue weighted by molar-refractivity contribution is 0.0957. The van der Waals surface area contributed by atoms with Gasteiger partial charge in [-0.1, -0.05) is 23.7 Å². The van der Waals surface area contributed by atoms with Crippen LogP contribution in [0.25, 0.3) is 0 Å². The summed E-state index contributed by atoms with van der Waals surface area (Å²) in [6.45, 7) is 0.616. The summed E-state index contributed by atoms with van der Waals surface area (Å²) < 4.78 is 0.844. The van der Waals surface area contributed by atoms with Crippen molar-refractivity contribution in [2.75, 3.05) is 6.54 Å². The van der Waals surface area contributed by atoms with Crippen LogP contribution in [0.15, 0.2) is 40.2 Å². The van der Waals surface area contributed by atoms with E-state index in [1.54, 1.807) is 0 Å². The highest BCUT2D eigenvalue weighted by Gasteiger charge is 2.10. The SMILES string of the molecule is O=C(NCCc1ccc(Cl)cc1)c1sccc1Br. The van der Waals surface area contributed by atoms with Crippen LogP contribution in [0.5, 0.6) is 0 Å². The van der Waals surface area contributed by atoms with Crippen molar-refractivity contribution >= 4 is 44.8 Å². The topological polar surface area (TPSA) is 29.1 Å². The van der Waals surface area contributed by atoms with E-state index >= 15 is 0 Å². The first-order valence-corrected chi connectivity index (χ1v) is 7.47. The summed E-state index contributed by atoms with van der Waals surface area (Å²) in [6, 6.07) is 9.52. The third-order valence-electron chi connectivity index (χ3n) is 2.44. The molecule has 1 aromatic carbocycles. The van der Waals surface area contributed by atoms with Crippen LogP contribution in [0.2, 0.25) is 5.02 Å². The van der Waals surface area contributed by atoms with Gasteiger partial charge in [0.2, 0.25) is 0 Å². The third-order valence-corrected chi connectivity index (χ3v) is 4.52. The Morgan fingerprint density at radius 1 is 1.28 bits per heavy atom. The minimum absolute atomic E-state index is 0.0363. The molecule has 18 heavy (non-hydrogen) atoms. The first kappa shape index (κ1) is 13.6. The van der Waals surface area contributed by atoms with E-state index in [-0.39, 0.29) is 5.91 Å². The largest absolute Gasteiger partial charge is 0.351 e. The number of amides is 1. The summed E-state index contributed by atoms with van der Waals surface area (Å²) >= 11 is 10.6. The fraction of sp³-hybridized carbons (Fsp3) is 0.154. The van der Waals surface area contributed by atoms with Crippen molar-refractivity contribution in [1.82, 2.24) is 5.32 Å². The van der Waals surface area contributed by atoms with Gasteiger partial charge in [0, 0.05) is 16.0 Å². The van der Waals surface area contributed by atoms with E-state index in [1.165, 1.54) is 11.3 Å². The smallest absolute Gasteiger partial charge is 0.262 e. The molecule has 2 rings (SSSR count). The molecule has 0 fully saturated rings. The highest BCUT2D eigenvalue weighted by Crippen LogP contribution is 2.22. The second-order valence-electron chi connectivity index (χ2n) is 3.73. The van der Waals surface area contributed by atoms with E-state index in [2.05, 4.69) is 21.2 Å². The standard InChI is InChI=1S/C13H11BrClNOS/c14-11-6-8-18-12(11)13(17)16-7-5-9-1-3-10(15)4-2-9/h1-4,6,8H,5,7H2,(H,16,17). The van der Waals surface area contributed by atoms with E-state index in [0.29, 0.717) is 11.4 Å². The van der Waals surface area contributed by atoms with Crippen LogP contribution in [0.4, 0.5) is 0 Å². The molecule has 0 aliphatic rings. The number of carbonyl (C=O) groups excluding carboxylic acids is 1. The molecule has 5 heteroatoms. The first-order valence-electron chi connectivity index (χ1n) is 5.42. The highest BCUT2D eigenvalue weighted by molar-refractivity contribution is 9.10. The van der Waals surface area contributed by atoms with Crippen molar-refractivity contribution in [1.29, 1.82) is 0 Å². The van der Waals surface area contributed by atoms with Gasteiger partial charge in [-0.25, -0.2) is 0 Å². The van der Waals surface area contributed by atoms with E-state index in [4.69, 9.17) is 11.6 Å². The van der Waals surface area contributed by atoms with Crippen LogP contribution in [-0.4, -0.2) is 12.5 Å². The summed E-state index contributed by atoms with van der Waals surface area (Å²) in [4.78, 5) is 12.5. The number of hydrogen-bond donors (Lipinski definition) is 1. The van der Waals surface area contributed by atoms with Gasteiger partial charge in [-0.05, 0) is 51.5 Å². The molecular formula is C13H11BrClNOS. The minimum atomic E-state index is -0.0363. The zero-order valence-electron chi connectivity index (χ0n) is 9.45. The monoisotopic (exact) mass is 343 g/mol. The Morgan fingerprint density at radius 3 is 2.61 bits per heavy atom. The maximum Gasteiger partial charge on any atom is 0.262 e. The Bertz CT molecular complexity index is 538. The molecule has 94 valence electrons. The maximum atomic E-state index is 11.8. The third kappa shape index (κ3) is 3.57. The zero-order valence-corrected chi connectivity index (χ0v) is 12.6. The van der Waals surface area contributed by atoms with Crippen LogP contribution in [-0.2, 0) is 6.42 Å². The highest BCUT2D eigenvalue weighted by atomic mass is 79.9. The fourth-order valence-electron chi connectivity index (χ4n) is 1.51. The number of halogens is 2. The average molecular weight is 345 g/mol.